The van der Waals surface area contributed by atoms with Crippen molar-refractivity contribution >= 4 is 23.7 Å². The number of carbonyl (C=O) groups is 2. The molecule has 220 valence electrons. The molecule has 0 unspecified atom stereocenters. The number of aliphatic carboxylic acids is 2. The van der Waals surface area contributed by atoms with Crippen LogP contribution in [0.3, 0.4) is 0 Å². The third-order valence-corrected chi connectivity index (χ3v) is 7.07. The summed E-state index contributed by atoms with van der Waals surface area (Å²) in [6.45, 7) is 0.840. The quantitative estimate of drug-likeness (QED) is 0.109. The molecule has 0 spiro atoms. The van der Waals surface area contributed by atoms with E-state index in [0.717, 1.165) is 53.9 Å². The smallest absolute Gasteiger partial charge is 0.303 e. The molecule has 0 saturated heterocycles. The number of unbranched alkanes of at least 4 members (excludes halogenated alkanes) is 3. The van der Waals surface area contributed by atoms with Gasteiger partial charge in [0.05, 0.1) is 13.2 Å². The number of carboxylic acid groups (broad SMARTS) is 2. The molecule has 3 aromatic carbocycles. The van der Waals surface area contributed by atoms with Gasteiger partial charge in [-0.15, -0.1) is 11.8 Å². The Morgan fingerprint density at radius 3 is 2.20 bits per heavy atom. The van der Waals surface area contributed by atoms with Crippen LogP contribution in [-0.2, 0) is 22.4 Å². The van der Waals surface area contributed by atoms with Crippen molar-refractivity contribution in [2.75, 3.05) is 19.5 Å². The number of hydrogen-bond acceptors (Lipinski definition) is 6. The van der Waals surface area contributed by atoms with Gasteiger partial charge in [-0.25, -0.2) is 4.39 Å². The van der Waals surface area contributed by atoms with Crippen LogP contribution in [0.5, 0.6) is 23.0 Å². The topological polar surface area (TPSA) is 102 Å². The Bertz CT molecular complexity index is 1260. The molecule has 3 aromatic rings. The Kier molecular flexibility index (Phi) is 13.3. The number of thioether (sulfide) groups is 1. The fraction of sp³-hybridized carbons (Fsp3) is 0.375. The van der Waals surface area contributed by atoms with Gasteiger partial charge in [0.15, 0.2) is 0 Å². The lowest BCUT2D eigenvalue weighted by atomic mass is 9.97. The highest BCUT2D eigenvalue weighted by atomic mass is 32.2. The minimum atomic E-state index is -0.868. The van der Waals surface area contributed by atoms with Crippen molar-refractivity contribution in [3.05, 3.63) is 77.6 Å². The normalized spacial score (nSPS) is 10.8. The van der Waals surface area contributed by atoms with E-state index in [1.165, 1.54) is 12.1 Å². The largest absolute Gasteiger partial charge is 0.493 e. The molecule has 41 heavy (non-hydrogen) atoms. The van der Waals surface area contributed by atoms with Crippen LogP contribution >= 0.6 is 11.8 Å². The summed E-state index contributed by atoms with van der Waals surface area (Å²) in [4.78, 5) is 23.0. The second-order valence-electron chi connectivity index (χ2n) is 9.55. The molecule has 0 aliphatic carbocycles. The number of carboxylic acids is 2. The van der Waals surface area contributed by atoms with Crippen molar-refractivity contribution in [1.29, 1.82) is 0 Å². The zero-order valence-electron chi connectivity index (χ0n) is 23.3. The number of benzene rings is 3. The highest BCUT2D eigenvalue weighted by Crippen LogP contribution is 2.31. The predicted octanol–water partition coefficient (Wildman–Crippen LogP) is 7.78. The second-order valence-corrected chi connectivity index (χ2v) is 10.4. The summed E-state index contributed by atoms with van der Waals surface area (Å²) < 4.78 is 30.9. The second kappa shape index (κ2) is 17.2. The molecular formula is C32H37FO7S. The van der Waals surface area contributed by atoms with Crippen LogP contribution in [0.4, 0.5) is 4.39 Å². The third-order valence-electron chi connectivity index (χ3n) is 6.36. The first-order valence-electron chi connectivity index (χ1n) is 13.8. The van der Waals surface area contributed by atoms with Crippen LogP contribution in [0.25, 0.3) is 0 Å². The molecule has 2 N–H and O–H groups in total. The van der Waals surface area contributed by atoms with E-state index in [0.29, 0.717) is 36.7 Å². The summed E-state index contributed by atoms with van der Waals surface area (Å²) >= 11 is 1.59. The summed E-state index contributed by atoms with van der Waals surface area (Å²) in [5.41, 5.74) is 1.96. The average Bonchev–Trinajstić information content (AvgIpc) is 2.95. The van der Waals surface area contributed by atoms with Crippen molar-refractivity contribution in [2.24, 2.45) is 0 Å². The average molecular weight is 585 g/mol. The summed E-state index contributed by atoms with van der Waals surface area (Å²) in [6, 6.07) is 17.3. The molecule has 0 aromatic heterocycles. The van der Waals surface area contributed by atoms with Gasteiger partial charge in [-0.1, -0.05) is 25.0 Å². The maximum absolute atomic E-state index is 13.2. The minimum absolute atomic E-state index is 0.00816. The van der Waals surface area contributed by atoms with Crippen LogP contribution in [0.15, 0.2) is 65.6 Å². The zero-order chi connectivity index (χ0) is 29.5. The molecule has 0 bridgehead atoms. The summed E-state index contributed by atoms with van der Waals surface area (Å²) in [5, 5.41) is 18.0. The van der Waals surface area contributed by atoms with E-state index >= 15 is 0 Å². The van der Waals surface area contributed by atoms with Crippen LogP contribution in [0.2, 0.25) is 0 Å². The number of hydrogen-bond donors (Lipinski definition) is 2. The highest BCUT2D eigenvalue weighted by molar-refractivity contribution is 7.98. The predicted molar refractivity (Wildman–Crippen MR) is 157 cm³/mol. The van der Waals surface area contributed by atoms with Crippen LogP contribution in [0.1, 0.15) is 56.1 Å². The van der Waals surface area contributed by atoms with E-state index in [-0.39, 0.29) is 25.3 Å². The van der Waals surface area contributed by atoms with Crippen LogP contribution in [-0.4, -0.2) is 41.6 Å². The maximum Gasteiger partial charge on any atom is 0.303 e. The van der Waals surface area contributed by atoms with Crippen molar-refractivity contribution in [3.63, 3.8) is 0 Å². The molecule has 0 saturated carbocycles. The Morgan fingerprint density at radius 2 is 1.46 bits per heavy atom. The maximum atomic E-state index is 13.2. The molecule has 0 aliphatic rings. The number of ether oxygens (including phenoxy) is 3. The van der Waals surface area contributed by atoms with Crippen molar-refractivity contribution in [2.45, 2.75) is 62.7 Å². The van der Waals surface area contributed by atoms with E-state index in [1.54, 1.807) is 23.9 Å². The van der Waals surface area contributed by atoms with Gasteiger partial charge in [0.2, 0.25) is 0 Å². The number of halogens is 1. The number of rotatable bonds is 19. The zero-order valence-corrected chi connectivity index (χ0v) is 24.1. The van der Waals surface area contributed by atoms with E-state index in [1.807, 2.05) is 42.7 Å². The fourth-order valence-corrected chi connectivity index (χ4v) is 4.78. The summed E-state index contributed by atoms with van der Waals surface area (Å²) in [6.07, 6.45) is 7.40. The third kappa shape index (κ3) is 11.7. The summed E-state index contributed by atoms with van der Waals surface area (Å²) in [5.74, 6) is 0.490. The molecule has 7 nitrogen and oxygen atoms in total. The number of aryl methyl sites for hydroxylation is 1. The van der Waals surface area contributed by atoms with Gasteiger partial charge in [0, 0.05) is 23.8 Å². The van der Waals surface area contributed by atoms with Crippen LogP contribution in [0, 0.1) is 5.82 Å². The van der Waals surface area contributed by atoms with Crippen molar-refractivity contribution < 1.29 is 38.4 Å². The molecule has 0 amide bonds. The highest BCUT2D eigenvalue weighted by Gasteiger charge is 2.12. The van der Waals surface area contributed by atoms with E-state index in [2.05, 4.69) is 0 Å². The Labute approximate surface area is 244 Å². The molecule has 0 heterocycles. The molecule has 0 fully saturated rings. The first-order valence-corrected chi connectivity index (χ1v) is 15.0. The lowest BCUT2D eigenvalue weighted by Gasteiger charge is -2.15. The molecule has 0 aliphatic heterocycles. The van der Waals surface area contributed by atoms with Gasteiger partial charge < -0.3 is 24.4 Å². The molecule has 0 atom stereocenters. The Hall–Kier alpha value is -3.72. The molecule has 9 heteroatoms. The Balaban J connectivity index is 1.46. The Morgan fingerprint density at radius 1 is 0.756 bits per heavy atom. The van der Waals surface area contributed by atoms with Gasteiger partial charge in [-0.05, 0) is 92.0 Å². The lowest BCUT2D eigenvalue weighted by Crippen LogP contribution is -2.07. The van der Waals surface area contributed by atoms with E-state index in [9.17, 15) is 19.1 Å². The fourth-order valence-electron chi connectivity index (χ4n) is 4.31. The standard InChI is InChI=1S/C32H37FO7S/c1-41-28-21-26(20-27(22-28)40-25-14-12-24(33)13-15-25)38-18-5-3-2-4-8-23-9-6-10-30(29(23)16-17-32(36)37)39-19-7-11-31(34)35/h6,9-10,12-15,20-22H,2-5,7-8,11,16-19H2,1H3,(H,34,35)(H,36,37). The monoisotopic (exact) mass is 584 g/mol. The van der Waals surface area contributed by atoms with Crippen molar-refractivity contribution in [1.82, 2.24) is 0 Å². The van der Waals surface area contributed by atoms with Gasteiger partial charge in [0.1, 0.15) is 28.8 Å². The summed E-state index contributed by atoms with van der Waals surface area (Å²) in [7, 11) is 0. The van der Waals surface area contributed by atoms with Gasteiger partial charge >= 0.3 is 11.9 Å². The van der Waals surface area contributed by atoms with Crippen LogP contribution < -0.4 is 14.2 Å². The minimum Gasteiger partial charge on any atom is -0.493 e. The van der Waals surface area contributed by atoms with E-state index in [4.69, 9.17) is 19.3 Å². The SMILES string of the molecule is CSc1cc(OCCCCCCc2cccc(OCCCC(=O)O)c2CCC(=O)O)cc(Oc2ccc(F)cc2)c1. The lowest BCUT2D eigenvalue weighted by molar-refractivity contribution is -0.138. The van der Waals surface area contributed by atoms with Gasteiger partial charge in [0.25, 0.3) is 0 Å². The first-order chi connectivity index (χ1) is 19.8. The molecule has 3 rings (SSSR count). The first kappa shape index (κ1) is 31.8. The van der Waals surface area contributed by atoms with Gasteiger partial charge in [-0.2, -0.15) is 0 Å². The van der Waals surface area contributed by atoms with Crippen molar-refractivity contribution in [3.8, 4) is 23.0 Å². The van der Waals surface area contributed by atoms with E-state index < -0.39 is 11.9 Å². The van der Waals surface area contributed by atoms with Gasteiger partial charge in [-0.3, -0.25) is 9.59 Å². The molecule has 0 radical (unpaired) electrons. The molecular weight excluding hydrogens is 547 g/mol.